The van der Waals surface area contributed by atoms with Crippen molar-refractivity contribution in [2.45, 2.75) is 70.1 Å². The van der Waals surface area contributed by atoms with Gasteiger partial charge in [-0.15, -0.1) is 0 Å². The maximum Gasteiger partial charge on any atom is 0.266 e. The molecule has 2 aromatic rings. The maximum atomic E-state index is 12.7. The van der Waals surface area contributed by atoms with Gasteiger partial charge >= 0.3 is 0 Å². The van der Waals surface area contributed by atoms with Crippen LogP contribution in [0.15, 0.2) is 41.4 Å². The Morgan fingerprint density at radius 2 is 1.62 bits per heavy atom. The molecule has 0 aliphatic heterocycles. The zero-order chi connectivity index (χ0) is 25.1. The number of benzene rings is 1. The number of aryl methyl sites for hydroxylation is 1. The van der Waals surface area contributed by atoms with E-state index >= 15 is 0 Å². The molecule has 0 aliphatic rings. The molecule has 0 bridgehead atoms. The zero-order valence-corrected chi connectivity index (χ0v) is 20.2. The van der Waals surface area contributed by atoms with Gasteiger partial charge in [0.05, 0.1) is 22.1 Å². The van der Waals surface area contributed by atoms with Crippen LogP contribution < -0.4 is 15.1 Å². The van der Waals surface area contributed by atoms with Crippen LogP contribution in [0.25, 0.3) is 0 Å². The van der Waals surface area contributed by atoms with Crippen LogP contribution in [-0.2, 0) is 21.2 Å². The standard InChI is InChI=1S/C24H31N3O6S/c1-3-5-7-9-17-15-18(16-25-22(17)24(30)31)23(29)27-34(32,33)20-13-11-19(12-14-20)26-21(28)10-8-6-4-2/h11-16H,3-10H2,1-2H3,(H,26,28)(H,27,29)(H,30,31)/p-1. The number of carboxylic acids is 1. The van der Waals surface area contributed by atoms with Crippen molar-refractivity contribution in [3.05, 3.63) is 53.3 Å². The summed E-state index contributed by atoms with van der Waals surface area (Å²) >= 11 is 0. The van der Waals surface area contributed by atoms with Gasteiger partial charge in [0.15, 0.2) is 0 Å². The van der Waals surface area contributed by atoms with Crippen molar-refractivity contribution in [2.75, 3.05) is 5.32 Å². The molecular weight excluding hydrogens is 458 g/mol. The smallest absolute Gasteiger partial charge is 0.266 e. The molecule has 2 rings (SSSR count). The molecule has 0 saturated heterocycles. The Hall–Kier alpha value is -3.27. The quantitative estimate of drug-likeness (QED) is 0.412. The number of sulfonamides is 1. The molecular formula is C24H30N3O6S-. The van der Waals surface area contributed by atoms with E-state index in [2.05, 4.69) is 10.3 Å². The van der Waals surface area contributed by atoms with E-state index in [1.165, 1.54) is 30.3 Å². The summed E-state index contributed by atoms with van der Waals surface area (Å²) in [6.07, 6.45) is 7.00. The molecule has 0 saturated carbocycles. The van der Waals surface area contributed by atoms with E-state index in [1.807, 2.05) is 18.6 Å². The Morgan fingerprint density at radius 1 is 0.971 bits per heavy atom. The molecule has 10 heteroatoms. The van der Waals surface area contributed by atoms with E-state index < -0.39 is 21.9 Å². The van der Waals surface area contributed by atoms with Crippen molar-refractivity contribution in [2.24, 2.45) is 0 Å². The van der Waals surface area contributed by atoms with Crippen LogP contribution in [0.5, 0.6) is 0 Å². The van der Waals surface area contributed by atoms with Crippen LogP contribution in [0.2, 0.25) is 0 Å². The number of pyridine rings is 1. The molecule has 0 spiro atoms. The maximum absolute atomic E-state index is 12.7. The molecule has 0 atom stereocenters. The summed E-state index contributed by atoms with van der Waals surface area (Å²) in [5.41, 5.74) is 0.432. The largest absolute Gasteiger partial charge is 0.543 e. The van der Waals surface area contributed by atoms with Gasteiger partial charge in [0.2, 0.25) is 5.91 Å². The predicted molar refractivity (Wildman–Crippen MR) is 126 cm³/mol. The second-order valence-corrected chi connectivity index (χ2v) is 9.62. The third kappa shape index (κ3) is 7.95. The minimum Gasteiger partial charge on any atom is -0.543 e. The number of aromatic nitrogens is 1. The van der Waals surface area contributed by atoms with E-state index in [4.69, 9.17) is 0 Å². The minimum absolute atomic E-state index is 0.0731. The fraction of sp³-hybridized carbons (Fsp3) is 0.417. The van der Waals surface area contributed by atoms with Crippen LogP contribution in [0.4, 0.5) is 5.69 Å². The highest BCUT2D eigenvalue weighted by atomic mass is 32.2. The van der Waals surface area contributed by atoms with E-state index in [9.17, 15) is 27.9 Å². The number of carbonyl (C=O) groups is 3. The van der Waals surface area contributed by atoms with Gasteiger partial charge < -0.3 is 15.2 Å². The Balaban J connectivity index is 2.10. The Labute approximate surface area is 200 Å². The molecule has 34 heavy (non-hydrogen) atoms. The first kappa shape index (κ1) is 27.0. The van der Waals surface area contributed by atoms with Crippen molar-refractivity contribution in [1.29, 1.82) is 0 Å². The van der Waals surface area contributed by atoms with Crippen molar-refractivity contribution < 1.29 is 27.9 Å². The van der Waals surface area contributed by atoms with Gasteiger partial charge in [0, 0.05) is 18.3 Å². The SMILES string of the molecule is CCCCCC(=O)Nc1ccc(S(=O)(=O)NC(=O)c2cnc(C(=O)[O-])c(CCCCC)c2)cc1. The Bertz CT molecular complexity index is 1110. The number of rotatable bonds is 13. The first-order valence-electron chi connectivity index (χ1n) is 11.3. The number of hydrogen-bond donors (Lipinski definition) is 2. The molecule has 2 N–H and O–H groups in total. The summed E-state index contributed by atoms with van der Waals surface area (Å²) in [5, 5.41) is 14.0. The Kier molecular flexibility index (Phi) is 10.2. The Morgan fingerprint density at radius 3 is 2.24 bits per heavy atom. The molecule has 9 nitrogen and oxygen atoms in total. The van der Waals surface area contributed by atoms with Crippen molar-refractivity contribution >= 4 is 33.5 Å². The molecule has 1 aromatic heterocycles. The van der Waals surface area contributed by atoms with Gasteiger partial charge in [-0.05, 0) is 55.2 Å². The predicted octanol–water partition coefficient (Wildman–Crippen LogP) is 2.82. The number of anilines is 1. The lowest BCUT2D eigenvalue weighted by molar-refractivity contribution is -0.255. The van der Waals surface area contributed by atoms with Crippen LogP contribution in [0.3, 0.4) is 0 Å². The number of carboxylic acid groups (broad SMARTS) is 1. The lowest BCUT2D eigenvalue weighted by Gasteiger charge is -2.12. The minimum atomic E-state index is -4.20. The molecule has 0 radical (unpaired) electrons. The van der Waals surface area contributed by atoms with Crippen molar-refractivity contribution in [3.8, 4) is 0 Å². The molecule has 1 aromatic carbocycles. The van der Waals surface area contributed by atoms with Crippen LogP contribution in [0, 0.1) is 0 Å². The van der Waals surface area contributed by atoms with E-state index in [-0.39, 0.29) is 22.1 Å². The van der Waals surface area contributed by atoms with E-state index in [1.54, 1.807) is 0 Å². The van der Waals surface area contributed by atoms with Gasteiger partial charge in [0.1, 0.15) is 0 Å². The van der Waals surface area contributed by atoms with Gasteiger partial charge in [-0.25, -0.2) is 13.1 Å². The molecule has 0 fully saturated rings. The average Bonchev–Trinajstić information content (AvgIpc) is 2.79. The topological polar surface area (TPSA) is 145 Å². The number of aromatic carboxylic acids is 1. The van der Waals surface area contributed by atoms with Crippen LogP contribution >= 0.6 is 0 Å². The normalized spacial score (nSPS) is 11.1. The lowest BCUT2D eigenvalue weighted by atomic mass is 10.0. The molecule has 0 aliphatic carbocycles. The van der Waals surface area contributed by atoms with Gasteiger partial charge in [-0.3, -0.25) is 14.6 Å². The monoisotopic (exact) mass is 488 g/mol. The number of nitrogens with zero attached hydrogens (tertiary/aromatic N) is 1. The first-order chi connectivity index (χ1) is 16.2. The summed E-state index contributed by atoms with van der Waals surface area (Å²) in [5.74, 6) is -2.54. The number of unbranched alkanes of at least 4 members (excludes halogenated alkanes) is 4. The van der Waals surface area contributed by atoms with Crippen molar-refractivity contribution in [1.82, 2.24) is 9.71 Å². The number of nitrogens with one attached hydrogen (secondary N) is 2. The average molecular weight is 489 g/mol. The second-order valence-electron chi connectivity index (χ2n) is 7.94. The second kappa shape index (κ2) is 12.8. The summed E-state index contributed by atoms with van der Waals surface area (Å²) in [6.45, 7) is 4.04. The van der Waals surface area contributed by atoms with Gasteiger partial charge in [-0.1, -0.05) is 39.5 Å². The highest BCUT2D eigenvalue weighted by molar-refractivity contribution is 7.90. The van der Waals surface area contributed by atoms with Gasteiger partial charge in [0.25, 0.3) is 15.9 Å². The first-order valence-corrected chi connectivity index (χ1v) is 12.8. The molecule has 2 amide bonds. The summed E-state index contributed by atoms with van der Waals surface area (Å²) < 4.78 is 27.3. The van der Waals surface area contributed by atoms with Crippen LogP contribution in [0.1, 0.15) is 85.2 Å². The third-order valence-corrected chi connectivity index (χ3v) is 6.50. The number of amides is 2. The number of hydrogen-bond acceptors (Lipinski definition) is 7. The summed E-state index contributed by atoms with van der Waals surface area (Å²) in [6, 6.07) is 6.78. The zero-order valence-electron chi connectivity index (χ0n) is 19.4. The lowest BCUT2D eigenvalue weighted by Crippen LogP contribution is -2.31. The van der Waals surface area contributed by atoms with Crippen LogP contribution in [-0.4, -0.2) is 31.2 Å². The van der Waals surface area contributed by atoms with E-state index in [0.717, 1.165) is 38.3 Å². The molecule has 184 valence electrons. The van der Waals surface area contributed by atoms with Gasteiger partial charge in [-0.2, -0.15) is 0 Å². The van der Waals surface area contributed by atoms with Crippen molar-refractivity contribution in [3.63, 3.8) is 0 Å². The number of carbonyl (C=O) groups excluding carboxylic acids is 3. The summed E-state index contributed by atoms with van der Waals surface area (Å²) in [7, 11) is -4.20. The highest BCUT2D eigenvalue weighted by Crippen LogP contribution is 2.17. The fourth-order valence-corrected chi connectivity index (χ4v) is 4.26. The highest BCUT2D eigenvalue weighted by Gasteiger charge is 2.20. The fourth-order valence-electron chi connectivity index (χ4n) is 3.29. The molecule has 0 unspecified atom stereocenters. The summed E-state index contributed by atoms with van der Waals surface area (Å²) in [4.78, 5) is 39.4. The molecule has 1 heterocycles. The van der Waals surface area contributed by atoms with E-state index in [0.29, 0.717) is 30.5 Å². The third-order valence-electron chi connectivity index (χ3n) is 5.15.